The first kappa shape index (κ1) is 24.5. The highest BCUT2D eigenvalue weighted by atomic mass is 16.5. The molecule has 0 spiro atoms. The average Bonchev–Trinajstić information content (AvgIpc) is 3.43. The number of fused-ring (bicyclic) bond motifs is 6. The summed E-state index contributed by atoms with van der Waals surface area (Å²) in [6.07, 6.45) is 16.6. The van der Waals surface area contributed by atoms with Gasteiger partial charge in [-0.05, 0) is 112 Å². The molecular formula is C30H43N3O3. The minimum absolute atomic E-state index is 0.0922. The van der Waals surface area contributed by atoms with Crippen molar-refractivity contribution in [3.8, 4) is 0 Å². The number of hydrogen-bond donors (Lipinski definition) is 1. The van der Waals surface area contributed by atoms with Crippen molar-refractivity contribution in [1.29, 1.82) is 0 Å². The summed E-state index contributed by atoms with van der Waals surface area (Å²) in [4.78, 5) is 18.0. The lowest BCUT2D eigenvalue weighted by Crippen LogP contribution is -2.57. The third-order valence-corrected chi connectivity index (χ3v) is 11.6. The highest BCUT2D eigenvalue weighted by Crippen LogP contribution is 2.69. The molecule has 36 heavy (non-hydrogen) atoms. The standard InChI is InChI=1S/C30H43N3O3/c1-28(35)11-12-30(13-15-36-3)21(16-28)4-5-22-23-6-7-25(29(23,2)10-8-24(22)30)27(34)19-33-26-18-31-14-9-20(26)17-32-33/h9,14,17-18,21-25,35H,4-8,10-13,15-16,19H2,1-3H3/t21-,22+,23+,24+,25-,28-,29+,30-/m1/s1. The van der Waals surface area contributed by atoms with E-state index in [2.05, 4.69) is 17.0 Å². The van der Waals surface area contributed by atoms with Crippen LogP contribution in [0.1, 0.15) is 78.1 Å². The third kappa shape index (κ3) is 3.77. The highest BCUT2D eigenvalue weighted by Gasteiger charge is 2.62. The van der Waals surface area contributed by atoms with E-state index in [-0.39, 0.29) is 11.3 Å². The monoisotopic (exact) mass is 493 g/mol. The summed E-state index contributed by atoms with van der Waals surface area (Å²) < 4.78 is 7.49. The number of ether oxygens (including phenoxy) is 1. The van der Waals surface area contributed by atoms with Crippen molar-refractivity contribution >= 4 is 16.7 Å². The molecule has 4 aliphatic rings. The van der Waals surface area contributed by atoms with Gasteiger partial charge in [0.1, 0.15) is 6.54 Å². The molecule has 4 saturated carbocycles. The number of pyridine rings is 1. The Hall–Kier alpha value is -1.79. The van der Waals surface area contributed by atoms with Gasteiger partial charge in [-0.2, -0.15) is 5.10 Å². The van der Waals surface area contributed by atoms with Crippen LogP contribution < -0.4 is 0 Å². The number of hydrogen-bond acceptors (Lipinski definition) is 5. The zero-order valence-corrected chi connectivity index (χ0v) is 22.3. The lowest BCUT2D eigenvalue weighted by molar-refractivity contribution is -0.163. The largest absolute Gasteiger partial charge is 0.390 e. The second-order valence-electron chi connectivity index (χ2n) is 13.2. The maximum atomic E-state index is 13.8. The predicted octanol–water partition coefficient (Wildman–Crippen LogP) is 5.43. The molecule has 6 rings (SSSR count). The zero-order chi connectivity index (χ0) is 25.1. The van der Waals surface area contributed by atoms with Gasteiger partial charge in [0.25, 0.3) is 0 Å². The van der Waals surface area contributed by atoms with Crippen LogP contribution >= 0.6 is 0 Å². The number of rotatable bonds is 6. The molecule has 2 aromatic heterocycles. The normalized spacial score (nSPS) is 42.1. The number of methoxy groups -OCH3 is 1. The third-order valence-electron chi connectivity index (χ3n) is 11.6. The summed E-state index contributed by atoms with van der Waals surface area (Å²) in [6, 6.07) is 1.96. The molecule has 0 aliphatic heterocycles. The van der Waals surface area contributed by atoms with Crippen molar-refractivity contribution < 1.29 is 14.6 Å². The van der Waals surface area contributed by atoms with Crippen LogP contribution in [-0.2, 0) is 16.1 Å². The first-order valence-corrected chi connectivity index (χ1v) is 14.3. The number of carbonyl (C=O) groups excluding carboxylic acids is 1. The fourth-order valence-electron chi connectivity index (χ4n) is 9.85. The molecule has 0 bridgehead atoms. The van der Waals surface area contributed by atoms with Crippen molar-refractivity contribution in [3.05, 3.63) is 24.7 Å². The molecule has 196 valence electrons. The topological polar surface area (TPSA) is 77.2 Å². The zero-order valence-electron chi connectivity index (χ0n) is 22.3. The van der Waals surface area contributed by atoms with Crippen molar-refractivity contribution in [2.75, 3.05) is 13.7 Å². The summed E-state index contributed by atoms with van der Waals surface area (Å²) in [5.41, 5.74) is 0.815. The summed E-state index contributed by atoms with van der Waals surface area (Å²) in [5.74, 6) is 3.11. The molecule has 8 atom stereocenters. The molecule has 2 heterocycles. The lowest BCUT2D eigenvalue weighted by atomic mass is 9.42. The van der Waals surface area contributed by atoms with Gasteiger partial charge in [-0.3, -0.25) is 14.5 Å². The number of aliphatic hydroxyl groups is 1. The van der Waals surface area contributed by atoms with Gasteiger partial charge in [0.15, 0.2) is 5.78 Å². The Morgan fingerprint density at radius 1 is 1.11 bits per heavy atom. The number of aromatic nitrogens is 3. The van der Waals surface area contributed by atoms with Gasteiger partial charge in [-0.1, -0.05) is 6.92 Å². The van der Waals surface area contributed by atoms with E-state index in [0.29, 0.717) is 41.4 Å². The van der Waals surface area contributed by atoms with Crippen molar-refractivity contribution in [1.82, 2.24) is 14.8 Å². The van der Waals surface area contributed by atoms with Crippen LogP contribution in [0.2, 0.25) is 0 Å². The Balaban J connectivity index is 1.24. The van der Waals surface area contributed by atoms with Gasteiger partial charge in [0.05, 0.1) is 23.5 Å². The quantitative estimate of drug-likeness (QED) is 0.581. The Morgan fingerprint density at radius 3 is 2.81 bits per heavy atom. The smallest absolute Gasteiger partial charge is 0.157 e. The van der Waals surface area contributed by atoms with Gasteiger partial charge in [-0.15, -0.1) is 0 Å². The van der Waals surface area contributed by atoms with Crippen molar-refractivity contribution in [2.24, 2.45) is 40.4 Å². The number of nitrogens with zero attached hydrogens (tertiary/aromatic N) is 3. The van der Waals surface area contributed by atoms with Crippen LogP contribution in [0.3, 0.4) is 0 Å². The fourth-order valence-corrected chi connectivity index (χ4v) is 9.85. The van der Waals surface area contributed by atoms with Crippen molar-refractivity contribution in [2.45, 2.75) is 90.2 Å². The van der Waals surface area contributed by atoms with E-state index in [9.17, 15) is 9.90 Å². The first-order chi connectivity index (χ1) is 17.3. The molecule has 6 heteroatoms. The molecule has 6 nitrogen and oxygen atoms in total. The Kier molecular flexibility index (Phi) is 6.07. The summed E-state index contributed by atoms with van der Waals surface area (Å²) >= 11 is 0. The van der Waals surface area contributed by atoms with Crippen LogP contribution in [-0.4, -0.2) is 45.0 Å². The predicted molar refractivity (Wildman–Crippen MR) is 139 cm³/mol. The van der Waals surface area contributed by atoms with Crippen molar-refractivity contribution in [3.63, 3.8) is 0 Å². The minimum Gasteiger partial charge on any atom is -0.390 e. The van der Waals surface area contributed by atoms with Gasteiger partial charge >= 0.3 is 0 Å². The number of Topliss-reactive ketones (excluding diaryl/α,β-unsaturated/α-hetero) is 1. The fraction of sp³-hybridized carbons (Fsp3) is 0.767. The first-order valence-electron chi connectivity index (χ1n) is 14.3. The second-order valence-corrected chi connectivity index (χ2v) is 13.2. The molecule has 2 aromatic rings. The van der Waals surface area contributed by atoms with Gasteiger partial charge in [0.2, 0.25) is 0 Å². The maximum absolute atomic E-state index is 13.8. The number of ketones is 1. The van der Waals surface area contributed by atoms with Gasteiger partial charge in [0, 0.05) is 31.2 Å². The van der Waals surface area contributed by atoms with Crippen LogP contribution in [0, 0.1) is 40.4 Å². The average molecular weight is 494 g/mol. The molecule has 0 unspecified atom stereocenters. The van der Waals surface area contributed by atoms with E-state index < -0.39 is 5.60 Å². The molecule has 0 amide bonds. The maximum Gasteiger partial charge on any atom is 0.157 e. The van der Waals surface area contributed by atoms with E-state index in [1.807, 2.05) is 37.2 Å². The molecule has 0 saturated heterocycles. The lowest BCUT2D eigenvalue weighted by Gasteiger charge is -2.63. The van der Waals surface area contributed by atoms with Crippen LogP contribution in [0.15, 0.2) is 24.7 Å². The van der Waals surface area contributed by atoms with E-state index in [1.165, 1.54) is 25.7 Å². The van der Waals surface area contributed by atoms with E-state index >= 15 is 0 Å². The molecule has 4 aliphatic carbocycles. The summed E-state index contributed by atoms with van der Waals surface area (Å²) in [7, 11) is 1.83. The SMILES string of the molecule is COCC[C@]12CC[C@@](C)(O)C[C@H]1CC[C@H]1[C@@H]3CC[C@H](C(=O)Cn4ncc5ccncc54)[C@@]3(C)CC[C@@H]12. The molecular weight excluding hydrogens is 450 g/mol. The molecule has 0 aromatic carbocycles. The molecule has 0 radical (unpaired) electrons. The Morgan fingerprint density at radius 2 is 1.97 bits per heavy atom. The van der Waals surface area contributed by atoms with Crippen LogP contribution in [0.25, 0.3) is 10.9 Å². The van der Waals surface area contributed by atoms with E-state index in [4.69, 9.17) is 4.74 Å². The van der Waals surface area contributed by atoms with E-state index in [0.717, 1.165) is 56.0 Å². The minimum atomic E-state index is -0.520. The Bertz CT molecular complexity index is 1130. The van der Waals surface area contributed by atoms with Gasteiger partial charge in [-0.25, -0.2) is 0 Å². The summed E-state index contributed by atoms with van der Waals surface area (Å²) in [6.45, 7) is 5.65. The van der Waals surface area contributed by atoms with Crippen LogP contribution in [0.4, 0.5) is 0 Å². The highest BCUT2D eigenvalue weighted by molar-refractivity contribution is 5.84. The summed E-state index contributed by atoms with van der Waals surface area (Å²) in [5, 5.41) is 16.5. The van der Waals surface area contributed by atoms with Crippen LogP contribution in [0.5, 0.6) is 0 Å². The Labute approximate surface area is 215 Å². The van der Waals surface area contributed by atoms with E-state index in [1.54, 1.807) is 6.20 Å². The second kappa shape index (κ2) is 8.90. The number of carbonyl (C=O) groups is 1. The molecule has 4 fully saturated rings. The molecule has 1 N–H and O–H groups in total. The van der Waals surface area contributed by atoms with Gasteiger partial charge < -0.3 is 9.84 Å².